The van der Waals surface area contributed by atoms with Crippen molar-refractivity contribution in [2.45, 2.75) is 26.2 Å². The number of ether oxygens (including phenoxy) is 1. The smallest absolute Gasteiger partial charge is 0.237 e. The maximum absolute atomic E-state index is 11.7. The quantitative estimate of drug-likeness (QED) is 0.738. The summed E-state index contributed by atoms with van der Waals surface area (Å²) in [4.78, 5) is 4.11. The third-order valence-electron chi connectivity index (χ3n) is 3.09. The highest BCUT2D eigenvalue weighted by Gasteiger charge is 2.13. The predicted octanol–water partition coefficient (Wildman–Crippen LogP) is 2.93. The van der Waals surface area contributed by atoms with Crippen LogP contribution in [-0.2, 0) is 10.0 Å². The van der Waals surface area contributed by atoms with Gasteiger partial charge in [-0.05, 0) is 30.7 Å². The number of imidazole rings is 1. The molecule has 0 atom stereocenters. The second-order valence-corrected chi connectivity index (χ2v) is 6.75. The van der Waals surface area contributed by atoms with E-state index in [1.54, 1.807) is 0 Å². The first-order chi connectivity index (χ1) is 10.0. The van der Waals surface area contributed by atoms with Gasteiger partial charge in [0.25, 0.3) is 0 Å². The summed E-state index contributed by atoms with van der Waals surface area (Å²) in [6.45, 7) is 2.85. The highest BCUT2D eigenvalue weighted by atomic mass is 32.2. The summed E-state index contributed by atoms with van der Waals surface area (Å²) in [6, 6.07) is 7.31. The van der Waals surface area contributed by atoms with E-state index in [-0.39, 0.29) is 0 Å². The molecule has 1 aromatic carbocycles. The highest BCUT2D eigenvalue weighted by molar-refractivity contribution is 7.89. The zero-order chi connectivity index (χ0) is 15.3. The molecule has 0 saturated heterocycles. The van der Waals surface area contributed by atoms with Gasteiger partial charge >= 0.3 is 0 Å². The maximum atomic E-state index is 11.7. The Labute approximate surface area is 125 Å². The first-order valence-corrected chi connectivity index (χ1v) is 8.84. The van der Waals surface area contributed by atoms with Crippen LogP contribution in [0, 0.1) is 0 Å². The SMILES string of the molecule is CCCCCOc1ccc(-c2nccn2S(C)(=O)=O)cc1. The van der Waals surface area contributed by atoms with Gasteiger partial charge < -0.3 is 4.74 Å². The fourth-order valence-corrected chi connectivity index (χ4v) is 2.75. The van der Waals surface area contributed by atoms with Crippen LogP contribution in [0.25, 0.3) is 11.4 Å². The van der Waals surface area contributed by atoms with Crippen LogP contribution in [0.3, 0.4) is 0 Å². The zero-order valence-corrected chi connectivity index (χ0v) is 13.1. The van der Waals surface area contributed by atoms with E-state index in [0.717, 1.165) is 36.8 Å². The van der Waals surface area contributed by atoms with Crippen molar-refractivity contribution in [1.29, 1.82) is 0 Å². The normalized spacial score (nSPS) is 11.5. The summed E-state index contributed by atoms with van der Waals surface area (Å²) in [7, 11) is -3.35. The lowest BCUT2D eigenvalue weighted by molar-refractivity contribution is 0.306. The molecule has 0 aliphatic carbocycles. The minimum Gasteiger partial charge on any atom is -0.494 e. The Morgan fingerprint density at radius 2 is 1.90 bits per heavy atom. The van der Waals surface area contributed by atoms with Crippen molar-refractivity contribution in [2.75, 3.05) is 12.9 Å². The summed E-state index contributed by atoms with van der Waals surface area (Å²) in [5.41, 5.74) is 0.742. The van der Waals surface area contributed by atoms with Crippen molar-refractivity contribution >= 4 is 10.0 Å². The van der Waals surface area contributed by atoms with E-state index in [1.807, 2.05) is 24.3 Å². The molecule has 0 bridgehead atoms. The van der Waals surface area contributed by atoms with Crippen molar-refractivity contribution in [1.82, 2.24) is 8.96 Å². The van der Waals surface area contributed by atoms with Crippen LogP contribution >= 0.6 is 0 Å². The second-order valence-electron chi connectivity index (χ2n) is 4.89. The summed E-state index contributed by atoms with van der Waals surface area (Å²) in [5.74, 6) is 1.20. The molecule has 21 heavy (non-hydrogen) atoms. The van der Waals surface area contributed by atoms with Crippen LogP contribution in [0.1, 0.15) is 26.2 Å². The monoisotopic (exact) mass is 308 g/mol. The Hall–Kier alpha value is -1.82. The fraction of sp³-hybridized carbons (Fsp3) is 0.400. The molecule has 0 unspecified atom stereocenters. The number of hydrogen-bond donors (Lipinski definition) is 0. The number of aromatic nitrogens is 2. The van der Waals surface area contributed by atoms with Gasteiger partial charge in [-0.25, -0.2) is 17.4 Å². The molecule has 0 spiro atoms. The van der Waals surface area contributed by atoms with E-state index in [1.165, 1.54) is 16.4 Å². The Balaban J connectivity index is 2.11. The Morgan fingerprint density at radius 3 is 2.52 bits per heavy atom. The van der Waals surface area contributed by atoms with Gasteiger partial charge in [0, 0.05) is 18.0 Å². The highest BCUT2D eigenvalue weighted by Crippen LogP contribution is 2.22. The molecule has 0 saturated carbocycles. The average Bonchev–Trinajstić information content (AvgIpc) is 2.94. The van der Waals surface area contributed by atoms with Crippen molar-refractivity contribution in [3.63, 3.8) is 0 Å². The maximum Gasteiger partial charge on any atom is 0.237 e. The molecule has 5 nitrogen and oxygen atoms in total. The van der Waals surface area contributed by atoms with Crippen LogP contribution in [0.15, 0.2) is 36.7 Å². The van der Waals surface area contributed by atoms with E-state index >= 15 is 0 Å². The lowest BCUT2D eigenvalue weighted by Gasteiger charge is -2.08. The summed E-state index contributed by atoms with van der Waals surface area (Å²) >= 11 is 0. The molecular formula is C15H20N2O3S. The Kier molecular flexibility index (Phi) is 5.01. The third kappa shape index (κ3) is 4.07. The van der Waals surface area contributed by atoms with E-state index in [2.05, 4.69) is 11.9 Å². The molecule has 0 amide bonds. The summed E-state index contributed by atoms with van der Waals surface area (Å²) in [5, 5.41) is 0. The summed E-state index contributed by atoms with van der Waals surface area (Å²) in [6.07, 6.45) is 7.44. The van der Waals surface area contributed by atoms with Gasteiger partial charge in [-0.15, -0.1) is 0 Å². The van der Waals surface area contributed by atoms with Crippen LogP contribution in [-0.4, -0.2) is 30.2 Å². The molecule has 0 radical (unpaired) electrons. The standard InChI is InChI=1S/C15H20N2O3S/c1-3-4-5-12-20-14-8-6-13(7-9-14)15-16-10-11-17(15)21(2,18)19/h6-11H,3-5,12H2,1-2H3. The van der Waals surface area contributed by atoms with Crippen molar-refractivity contribution in [2.24, 2.45) is 0 Å². The molecule has 114 valence electrons. The van der Waals surface area contributed by atoms with E-state index < -0.39 is 10.0 Å². The van der Waals surface area contributed by atoms with Crippen molar-refractivity contribution < 1.29 is 13.2 Å². The molecule has 6 heteroatoms. The molecule has 1 heterocycles. The number of unbranched alkanes of at least 4 members (excludes halogenated alkanes) is 2. The largest absolute Gasteiger partial charge is 0.494 e. The molecule has 2 aromatic rings. The number of hydrogen-bond acceptors (Lipinski definition) is 4. The third-order valence-corrected chi connectivity index (χ3v) is 4.10. The van der Waals surface area contributed by atoms with Crippen molar-refractivity contribution in [3.05, 3.63) is 36.7 Å². The Bertz CT molecular complexity index is 675. The lowest BCUT2D eigenvalue weighted by atomic mass is 10.2. The summed E-state index contributed by atoms with van der Waals surface area (Å²) < 4.78 is 30.1. The Morgan fingerprint density at radius 1 is 1.19 bits per heavy atom. The molecule has 0 N–H and O–H groups in total. The molecular weight excluding hydrogens is 288 g/mol. The van der Waals surface area contributed by atoms with E-state index in [0.29, 0.717) is 12.4 Å². The van der Waals surface area contributed by atoms with E-state index in [9.17, 15) is 8.42 Å². The van der Waals surface area contributed by atoms with Crippen LogP contribution in [0.4, 0.5) is 0 Å². The second kappa shape index (κ2) is 6.76. The minimum atomic E-state index is -3.35. The van der Waals surface area contributed by atoms with Gasteiger partial charge in [0.2, 0.25) is 10.0 Å². The van der Waals surface area contributed by atoms with Crippen LogP contribution in [0.5, 0.6) is 5.75 Å². The molecule has 0 fully saturated rings. The molecule has 0 aliphatic rings. The lowest BCUT2D eigenvalue weighted by Crippen LogP contribution is -2.10. The van der Waals surface area contributed by atoms with Gasteiger partial charge in [0.15, 0.2) is 5.82 Å². The number of benzene rings is 1. The van der Waals surface area contributed by atoms with Crippen LogP contribution < -0.4 is 4.74 Å². The zero-order valence-electron chi connectivity index (χ0n) is 12.3. The number of nitrogens with zero attached hydrogens (tertiary/aromatic N) is 2. The first kappa shape index (κ1) is 15.6. The predicted molar refractivity (Wildman–Crippen MR) is 82.9 cm³/mol. The fourth-order valence-electron chi connectivity index (χ4n) is 2.00. The van der Waals surface area contributed by atoms with Gasteiger partial charge in [0.1, 0.15) is 5.75 Å². The van der Waals surface area contributed by atoms with Gasteiger partial charge in [-0.2, -0.15) is 0 Å². The van der Waals surface area contributed by atoms with E-state index in [4.69, 9.17) is 4.74 Å². The van der Waals surface area contributed by atoms with Gasteiger partial charge in [0.05, 0.1) is 12.9 Å². The molecule has 1 aromatic heterocycles. The minimum absolute atomic E-state index is 0.412. The number of rotatable bonds is 7. The average molecular weight is 308 g/mol. The van der Waals surface area contributed by atoms with Crippen molar-refractivity contribution in [3.8, 4) is 17.1 Å². The van der Waals surface area contributed by atoms with Crippen LogP contribution in [0.2, 0.25) is 0 Å². The van der Waals surface area contributed by atoms with Gasteiger partial charge in [-0.3, -0.25) is 0 Å². The van der Waals surface area contributed by atoms with Gasteiger partial charge in [-0.1, -0.05) is 19.8 Å². The topological polar surface area (TPSA) is 61.2 Å². The molecule has 0 aliphatic heterocycles. The molecule has 2 rings (SSSR count). The first-order valence-electron chi connectivity index (χ1n) is 6.99.